The first-order chi connectivity index (χ1) is 6.79. The van der Waals surface area contributed by atoms with Gasteiger partial charge >= 0.3 is 0 Å². The molecule has 14 heavy (non-hydrogen) atoms. The van der Waals surface area contributed by atoms with Gasteiger partial charge in [-0.1, -0.05) is 12.8 Å². The Kier molecular flexibility index (Phi) is 4.90. The molecule has 0 saturated carbocycles. The van der Waals surface area contributed by atoms with E-state index in [1.807, 2.05) is 0 Å². The van der Waals surface area contributed by atoms with Gasteiger partial charge in [-0.3, -0.25) is 4.79 Å². The van der Waals surface area contributed by atoms with Crippen molar-refractivity contribution in [1.82, 2.24) is 4.90 Å². The lowest BCUT2D eigenvalue weighted by atomic mass is 10.1. The molecule has 4 nitrogen and oxygen atoms in total. The van der Waals surface area contributed by atoms with Crippen LogP contribution in [0.15, 0.2) is 0 Å². The van der Waals surface area contributed by atoms with Gasteiger partial charge in [-0.15, -0.1) is 0 Å². The van der Waals surface area contributed by atoms with Crippen molar-refractivity contribution < 1.29 is 14.6 Å². The third-order valence-electron chi connectivity index (χ3n) is 2.68. The number of methoxy groups -OCH3 is 1. The molecule has 1 atom stereocenters. The van der Waals surface area contributed by atoms with Crippen LogP contribution in [0.3, 0.4) is 0 Å². The molecular formula is C10H19NO3. The maximum absolute atomic E-state index is 11.6. The van der Waals surface area contributed by atoms with Crippen LogP contribution in [-0.2, 0) is 9.53 Å². The molecule has 1 rings (SSSR count). The van der Waals surface area contributed by atoms with E-state index in [9.17, 15) is 4.79 Å². The summed E-state index contributed by atoms with van der Waals surface area (Å²) >= 11 is 0. The largest absolute Gasteiger partial charge is 0.394 e. The summed E-state index contributed by atoms with van der Waals surface area (Å²) in [5, 5.41) is 9.17. The van der Waals surface area contributed by atoms with E-state index >= 15 is 0 Å². The third-order valence-corrected chi connectivity index (χ3v) is 2.68. The Balaban J connectivity index is 2.55. The monoisotopic (exact) mass is 201 g/mol. The van der Waals surface area contributed by atoms with Crippen molar-refractivity contribution in [1.29, 1.82) is 0 Å². The van der Waals surface area contributed by atoms with Crippen LogP contribution in [-0.4, -0.2) is 48.8 Å². The van der Waals surface area contributed by atoms with Crippen molar-refractivity contribution in [3.8, 4) is 0 Å². The van der Waals surface area contributed by atoms with E-state index < -0.39 is 0 Å². The summed E-state index contributed by atoms with van der Waals surface area (Å²) in [5.41, 5.74) is 0. The van der Waals surface area contributed by atoms with Gasteiger partial charge in [-0.05, 0) is 12.8 Å². The van der Waals surface area contributed by atoms with E-state index in [1.165, 1.54) is 7.11 Å². The predicted octanol–water partition coefficient (Wildman–Crippen LogP) is 0.396. The van der Waals surface area contributed by atoms with Crippen molar-refractivity contribution in [3.63, 3.8) is 0 Å². The molecule has 1 heterocycles. The summed E-state index contributed by atoms with van der Waals surface area (Å²) in [7, 11) is 1.52. The Morgan fingerprint density at radius 2 is 2.29 bits per heavy atom. The molecule has 1 amide bonds. The summed E-state index contributed by atoms with van der Waals surface area (Å²) in [6, 6.07) is 0.000139. The number of nitrogens with zero attached hydrogens (tertiary/aromatic N) is 1. The minimum atomic E-state index is -0.00606. The standard InChI is InChI=1S/C10H19NO3/c1-14-8-10(13)11-6-4-2-3-5-9(11)7-12/h9,12H,2-8H2,1H3. The van der Waals surface area contributed by atoms with Gasteiger partial charge in [0, 0.05) is 13.7 Å². The zero-order chi connectivity index (χ0) is 10.4. The normalized spacial score (nSPS) is 23.3. The number of amides is 1. The first kappa shape index (κ1) is 11.5. The zero-order valence-corrected chi connectivity index (χ0v) is 8.74. The SMILES string of the molecule is COCC(=O)N1CCCCCC1CO. The summed E-state index contributed by atoms with van der Waals surface area (Å²) in [6.45, 7) is 0.944. The fourth-order valence-electron chi connectivity index (χ4n) is 1.90. The quantitative estimate of drug-likeness (QED) is 0.719. The Morgan fingerprint density at radius 3 is 2.93 bits per heavy atom. The van der Waals surface area contributed by atoms with Crippen molar-refractivity contribution in [2.75, 3.05) is 26.9 Å². The van der Waals surface area contributed by atoms with Gasteiger partial charge in [0.05, 0.1) is 12.6 Å². The van der Waals surface area contributed by atoms with Crippen molar-refractivity contribution in [2.24, 2.45) is 0 Å². The van der Waals surface area contributed by atoms with E-state index in [2.05, 4.69) is 0 Å². The van der Waals surface area contributed by atoms with Gasteiger partial charge in [0.2, 0.25) is 5.91 Å². The van der Waals surface area contributed by atoms with E-state index in [-0.39, 0.29) is 25.2 Å². The second-order valence-electron chi connectivity index (χ2n) is 3.71. The highest BCUT2D eigenvalue weighted by molar-refractivity contribution is 5.77. The van der Waals surface area contributed by atoms with Crippen LogP contribution in [0.5, 0.6) is 0 Å². The number of ether oxygens (including phenoxy) is 1. The van der Waals surface area contributed by atoms with Crippen molar-refractivity contribution in [3.05, 3.63) is 0 Å². The van der Waals surface area contributed by atoms with Gasteiger partial charge in [-0.2, -0.15) is 0 Å². The molecule has 1 aliphatic rings. The minimum absolute atomic E-state index is 0.000139. The van der Waals surface area contributed by atoms with Gasteiger partial charge < -0.3 is 14.7 Å². The molecule has 0 spiro atoms. The summed E-state index contributed by atoms with van der Waals surface area (Å²) in [4.78, 5) is 13.4. The Bertz CT molecular complexity index is 184. The fourth-order valence-corrected chi connectivity index (χ4v) is 1.90. The van der Waals surface area contributed by atoms with Gasteiger partial charge in [-0.25, -0.2) is 0 Å². The van der Waals surface area contributed by atoms with Gasteiger partial charge in [0.25, 0.3) is 0 Å². The molecule has 0 bridgehead atoms. The topological polar surface area (TPSA) is 49.8 Å². The first-order valence-corrected chi connectivity index (χ1v) is 5.19. The van der Waals surface area contributed by atoms with Crippen LogP contribution in [0, 0.1) is 0 Å². The van der Waals surface area contributed by atoms with Crippen molar-refractivity contribution in [2.45, 2.75) is 31.7 Å². The summed E-state index contributed by atoms with van der Waals surface area (Å²) < 4.78 is 4.82. The van der Waals surface area contributed by atoms with Crippen LogP contribution in [0.2, 0.25) is 0 Å². The van der Waals surface area contributed by atoms with Gasteiger partial charge in [0.1, 0.15) is 6.61 Å². The maximum Gasteiger partial charge on any atom is 0.248 e. The molecule has 0 radical (unpaired) electrons. The zero-order valence-electron chi connectivity index (χ0n) is 8.74. The second kappa shape index (κ2) is 5.98. The van der Waals surface area contributed by atoms with Crippen LogP contribution in [0.1, 0.15) is 25.7 Å². The molecule has 1 N–H and O–H groups in total. The summed E-state index contributed by atoms with van der Waals surface area (Å²) in [6.07, 6.45) is 4.19. The molecule has 0 aliphatic carbocycles. The molecule has 4 heteroatoms. The lowest BCUT2D eigenvalue weighted by Crippen LogP contribution is -2.43. The number of rotatable bonds is 3. The predicted molar refractivity (Wildman–Crippen MR) is 52.9 cm³/mol. The highest BCUT2D eigenvalue weighted by atomic mass is 16.5. The smallest absolute Gasteiger partial charge is 0.248 e. The van der Waals surface area contributed by atoms with Crippen LogP contribution in [0.4, 0.5) is 0 Å². The summed E-state index contributed by atoms with van der Waals surface area (Å²) in [5.74, 6) is -0.00606. The highest BCUT2D eigenvalue weighted by Crippen LogP contribution is 2.16. The highest BCUT2D eigenvalue weighted by Gasteiger charge is 2.24. The molecule has 0 aromatic heterocycles. The number of hydrogen-bond donors (Lipinski definition) is 1. The Morgan fingerprint density at radius 1 is 1.50 bits per heavy atom. The number of carbonyl (C=O) groups is 1. The third kappa shape index (κ3) is 2.96. The number of aliphatic hydroxyl groups excluding tert-OH is 1. The first-order valence-electron chi connectivity index (χ1n) is 5.19. The number of aliphatic hydroxyl groups is 1. The van der Waals surface area contributed by atoms with Gasteiger partial charge in [0.15, 0.2) is 0 Å². The van der Waals surface area contributed by atoms with E-state index in [0.29, 0.717) is 0 Å². The van der Waals surface area contributed by atoms with E-state index in [4.69, 9.17) is 9.84 Å². The van der Waals surface area contributed by atoms with Crippen LogP contribution < -0.4 is 0 Å². The number of likely N-dealkylation sites (tertiary alicyclic amines) is 1. The average molecular weight is 201 g/mol. The fraction of sp³-hybridized carbons (Fsp3) is 0.900. The Labute approximate surface area is 84.8 Å². The molecule has 1 aliphatic heterocycles. The maximum atomic E-state index is 11.6. The lowest BCUT2D eigenvalue weighted by Gasteiger charge is -2.28. The van der Waals surface area contributed by atoms with E-state index in [0.717, 1.165) is 32.2 Å². The van der Waals surface area contributed by atoms with Crippen LogP contribution in [0.25, 0.3) is 0 Å². The molecular weight excluding hydrogens is 182 g/mol. The molecule has 1 fully saturated rings. The average Bonchev–Trinajstić information content (AvgIpc) is 2.42. The molecule has 0 aromatic rings. The Hall–Kier alpha value is -0.610. The second-order valence-corrected chi connectivity index (χ2v) is 3.71. The molecule has 1 unspecified atom stereocenters. The minimum Gasteiger partial charge on any atom is -0.394 e. The number of carbonyl (C=O) groups excluding carboxylic acids is 1. The van der Waals surface area contributed by atoms with Crippen LogP contribution >= 0.6 is 0 Å². The molecule has 82 valence electrons. The number of hydrogen-bond acceptors (Lipinski definition) is 3. The lowest BCUT2D eigenvalue weighted by molar-refractivity contribution is -0.138. The van der Waals surface area contributed by atoms with Crippen molar-refractivity contribution >= 4 is 5.91 Å². The van der Waals surface area contributed by atoms with E-state index in [1.54, 1.807) is 4.90 Å². The molecule has 1 saturated heterocycles. The molecule has 0 aromatic carbocycles.